The van der Waals surface area contributed by atoms with Gasteiger partial charge in [-0.2, -0.15) is 0 Å². The number of amides is 1. The quantitative estimate of drug-likeness (QED) is 0.0361. The van der Waals surface area contributed by atoms with Gasteiger partial charge in [-0.3, -0.25) is 4.79 Å². The van der Waals surface area contributed by atoms with Crippen molar-refractivity contribution < 1.29 is 20.1 Å². The van der Waals surface area contributed by atoms with Crippen LogP contribution >= 0.6 is 0 Å². The zero-order valence-corrected chi connectivity index (χ0v) is 45.1. The van der Waals surface area contributed by atoms with Crippen LogP contribution in [0.1, 0.15) is 348 Å². The lowest BCUT2D eigenvalue weighted by molar-refractivity contribution is -0.124. The van der Waals surface area contributed by atoms with Crippen LogP contribution in [0.4, 0.5) is 0 Å². The molecule has 0 spiro atoms. The molecule has 0 aliphatic heterocycles. The standard InChI is InChI=1S/C61H121NO4/c1-3-5-7-9-11-13-15-17-19-21-22-23-24-25-26-27-28-29-30-31-32-33-34-35-36-37-38-40-42-44-46-48-50-52-54-56-60(65)62-58(57-63)61(66)59(64)55-53-51-49-47-45-43-41-39-20-18-16-14-12-10-8-6-4-2/h27-28,58-59,61,63-64,66H,3-26,29-57H2,1-2H3,(H,62,65)/b28-27-. The van der Waals surface area contributed by atoms with E-state index >= 15 is 0 Å². The minimum atomic E-state index is -1.13. The van der Waals surface area contributed by atoms with Crippen molar-refractivity contribution >= 4 is 5.91 Å². The number of allylic oxidation sites excluding steroid dienone is 2. The van der Waals surface area contributed by atoms with Crippen molar-refractivity contribution in [1.29, 1.82) is 0 Å². The van der Waals surface area contributed by atoms with Crippen LogP contribution in [0.25, 0.3) is 0 Å². The fourth-order valence-corrected chi connectivity index (χ4v) is 9.93. The average Bonchev–Trinajstić information content (AvgIpc) is 3.32. The Balaban J connectivity index is 3.45. The molecule has 0 fully saturated rings. The summed E-state index contributed by atoms with van der Waals surface area (Å²) in [6, 6.07) is -0.806. The lowest BCUT2D eigenvalue weighted by atomic mass is 9.99. The van der Waals surface area contributed by atoms with Crippen LogP contribution in [0.3, 0.4) is 0 Å². The molecule has 0 heterocycles. The van der Waals surface area contributed by atoms with Gasteiger partial charge in [0.15, 0.2) is 0 Å². The summed E-state index contributed by atoms with van der Waals surface area (Å²) in [6.07, 6.45) is 71.1. The molecule has 66 heavy (non-hydrogen) atoms. The highest BCUT2D eigenvalue weighted by Gasteiger charge is 2.26. The largest absolute Gasteiger partial charge is 0.394 e. The molecular formula is C61H121NO4. The van der Waals surface area contributed by atoms with Gasteiger partial charge < -0.3 is 20.6 Å². The van der Waals surface area contributed by atoms with E-state index in [1.165, 1.54) is 289 Å². The first-order valence-electron chi connectivity index (χ1n) is 30.5. The van der Waals surface area contributed by atoms with Crippen molar-refractivity contribution in [1.82, 2.24) is 5.32 Å². The smallest absolute Gasteiger partial charge is 0.220 e. The maximum absolute atomic E-state index is 12.5. The second-order valence-electron chi connectivity index (χ2n) is 21.3. The van der Waals surface area contributed by atoms with Gasteiger partial charge in [-0.15, -0.1) is 0 Å². The Hall–Kier alpha value is -0.910. The summed E-state index contributed by atoms with van der Waals surface area (Å²) < 4.78 is 0. The molecule has 0 aromatic rings. The molecule has 0 rings (SSSR count). The number of unbranched alkanes of at least 4 members (excludes halogenated alkanes) is 47. The molecule has 0 radical (unpaired) electrons. The highest BCUT2D eigenvalue weighted by atomic mass is 16.3. The average molecular weight is 933 g/mol. The van der Waals surface area contributed by atoms with Crippen molar-refractivity contribution in [3.05, 3.63) is 12.2 Å². The van der Waals surface area contributed by atoms with Crippen molar-refractivity contribution in [2.24, 2.45) is 0 Å². The maximum Gasteiger partial charge on any atom is 0.220 e. The second-order valence-corrected chi connectivity index (χ2v) is 21.3. The third kappa shape index (κ3) is 51.0. The minimum Gasteiger partial charge on any atom is -0.394 e. The van der Waals surface area contributed by atoms with Crippen LogP contribution < -0.4 is 5.32 Å². The number of aliphatic hydroxyl groups is 3. The number of nitrogens with one attached hydrogen (secondary N) is 1. The van der Waals surface area contributed by atoms with Crippen LogP contribution in [0.5, 0.6) is 0 Å². The van der Waals surface area contributed by atoms with Gasteiger partial charge in [0.25, 0.3) is 0 Å². The number of carbonyl (C=O) groups is 1. The first kappa shape index (κ1) is 65.1. The lowest BCUT2D eigenvalue weighted by Gasteiger charge is -2.26. The van der Waals surface area contributed by atoms with E-state index in [0.29, 0.717) is 12.8 Å². The zero-order chi connectivity index (χ0) is 47.9. The van der Waals surface area contributed by atoms with Crippen LogP contribution in [0, 0.1) is 0 Å². The lowest BCUT2D eigenvalue weighted by Crippen LogP contribution is -2.50. The summed E-state index contributed by atoms with van der Waals surface area (Å²) in [7, 11) is 0. The summed E-state index contributed by atoms with van der Waals surface area (Å²) in [5.41, 5.74) is 0. The van der Waals surface area contributed by atoms with E-state index < -0.39 is 18.2 Å². The molecular weight excluding hydrogens is 811 g/mol. The van der Waals surface area contributed by atoms with E-state index in [4.69, 9.17) is 0 Å². The maximum atomic E-state index is 12.5. The number of carbonyl (C=O) groups excluding carboxylic acids is 1. The molecule has 0 aromatic carbocycles. The first-order chi connectivity index (χ1) is 32.6. The van der Waals surface area contributed by atoms with Crippen molar-refractivity contribution in [2.45, 2.75) is 366 Å². The van der Waals surface area contributed by atoms with E-state index in [9.17, 15) is 20.1 Å². The molecule has 5 heteroatoms. The van der Waals surface area contributed by atoms with Crippen LogP contribution in [-0.4, -0.2) is 46.1 Å². The Morgan fingerprint density at radius 1 is 0.364 bits per heavy atom. The fourth-order valence-electron chi connectivity index (χ4n) is 9.93. The summed E-state index contributed by atoms with van der Waals surface area (Å²) in [5.74, 6) is -0.137. The highest BCUT2D eigenvalue weighted by Crippen LogP contribution is 2.19. The Bertz CT molecular complexity index is 940. The molecule has 0 aromatic heterocycles. The third-order valence-electron chi connectivity index (χ3n) is 14.6. The van der Waals surface area contributed by atoms with E-state index in [1.807, 2.05) is 0 Å². The summed E-state index contributed by atoms with van der Waals surface area (Å²) in [5, 5.41) is 33.8. The van der Waals surface area contributed by atoms with E-state index in [1.54, 1.807) is 0 Å². The Labute approximate surface area is 414 Å². The molecule has 394 valence electrons. The highest BCUT2D eigenvalue weighted by molar-refractivity contribution is 5.76. The third-order valence-corrected chi connectivity index (χ3v) is 14.6. The Morgan fingerprint density at radius 2 is 0.606 bits per heavy atom. The second kappa shape index (κ2) is 56.7. The normalized spacial score (nSPS) is 13.2. The minimum absolute atomic E-state index is 0.137. The molecule has 0 aliphatic rings. The van der Waals surface area contributed by atoms with Gasteiger partial charge in [-0.25, -0.2) is 0 Å². The van der Waals surface area contributed by atoms with Crippen molar-refractivity contribution in [3.8, 4) is 0 Å². The van der Waals surface area contributed by atoms with E-state index in [2.05, 4.69) is 31.3 Å². The topological polar surface area (TPSA) is 89.8 Å². The first-order valence-corrected chi connectivity index (χ1v) is 30.5. The van der Waals surface area contributed by atoms with Crippen molar-refractivity contribution in [3.63, 3.8) is 0 Å². The van der Waals surface area contributed by atoms with Crippen LogP contribution in [-0.2, 0) is 4.79 Å². The molecule has 0 bridgehead atoms. The number of aliphatic hydroxyl groups excluding tert-OH is 3. The Kier molecular flexibility index (Phi) is 55.9. The molecule has 3 unspecified atom stereocenters. The number of rotatable bonds is 57. The molecule has 0 aliphatic carbocycles. The summed E-state index contributed by atoms with van der Waals surface area (Å²) in [4.78, 5) is 12.5. The van der Waals surface area contributed by atoms with Gasteiger partial charge >= 0.3 is 0 Å². The Morgan fingerprint density at radius 3 is 0.879 bits per heavy atom. The monoisotopic (exact) mass is 932 g/mol. The molecule has 0 saturated heterocycles. The van der Waals surface area contributed by atoms with Gasteiger partial charge in [0.05, 0.1) is 18.8 Å². The van der Waals surface area contributed by atoms with Crippen LogP contribution in [0.15, 0.2) is 12.2 Å². The van der Waals surface area contributed by atoms with Gasteiger partial charge in [-0.1, -0.05) is 315 Å². The van der Waals surface area contributed by atoms with Crippen LogP contribution in [0.2, 0.25) is 0 Å². The molecule has 0 saturated carbocycles. The summed E-state index contributed by atoms with van der Waals surface area (Å²) >= 11 is 0. The van der Waals surface area contributed by atoms with E-state index in [-0.39, 0.29) is 12.5 Å². The predicted octanol–water partition coefficient (Wildman–Crippen LogP) is 19.1. The van der Waals surface area contributed by atoms with Gasteiger partial charge in [-0.05, 0) is 38.5 Å². The van der Waals surface area contributed by atoms with E-state index in [0.717, 1.165) is 32.1 Å². The molecule has 5 nitrogen and oxygen atoms in total. The molecule has 4 N–H and O–H groups in total. The number of hydrogen-bond donors (Lipinski definition) is 4. The van der Waals surface area contributed by atoms with Gasteiger partial charge in [0.1, 0.15) is 6.10 Å². The molecule has 1 amide bonds. The fraction of sp³-hybridized carbons (Fsp3) is 0.951. The number of hydrogen-bond acceptors (Lipinski definition) is 4. The van der Waals surface area contributed by atoms with Gasteiger partial charge in [0.2, 0.25) is 5.91 Å². The zero-order valence-electron chi connectivity index (χ0n) is 45.1. The predicted molar refractivity (Wildman–Crippen MR) is 292 cm³/mol. The summed E-state index contributed by atoms with van der Waals surface area (Å²) in [6.45, 7) is 4.22. The van der Waals surface area contributed by atoms with Crippen molar-refractivity contribution in [2.75, 3.05) is 6.61 Å². The SMILES string of the molecule is CCCCCCCCCCCCCCCC/C=C\CCCCCCCCCCCCCCCCCCCC(=O)NC(CO)C(O)C(O)CCCCCCCCCCCCCCCCCCC. The molecule has 3 atom stereocenters. The van der Waals surface area contributed by atoms with Gasteiger partial charge in [0, 0.05) is 6.42 Å².